The number of methoxy groups -OCH3 is 2. The summed E-state index contributed by atoms with van der Waals surface area (Å²) in [7, 11) is 2.81. The van der Waals surface area contributed by atoms with Crippen LogP contribution in [0.15, 0.2) is 64.8 Å². The molecule has 9 nitrogen and oxygen atoms in total. The number of fused-ring (bicyclic) bond motifs is 1. The number of aromatic nitrogens is 2. The summed E-state index contributed by atoms with van der Waals surface area (Å²) in [4.78, 5) is 35.2. The van der Waals surface area contributed by atoms with Crippen LogP contribution >= 0.6 is 11.6 Å². The molecule has 1 unspecified atom stereocenters. The first-order valence-corrected chi connectivity index (χ1v) is 10.5. The van der Waals surface area contributed by atoms with Gasteiger partial charge >= 0.3 is 5.91 Å². The van der Waals surface area contributed by atoms with Crippen molar-refractivity contribution in [2.75, 3.05) is 19.1 Å². The monoisotopic (exact) mass is 479 g/mol. The number of amides is 1. The number of hydrogen-bond donors (Lipinski definition) is 2. The first-order valence-electron chi connectivity index (χ1n) is 10.2. The minimum atomic E-state index is -1.08. The van der Waals surface area contributed by atoms with Crippen LogP contribution in [0.2, 0.25) is 5.02 Å². The average Bonchev–Trinajstić information content (AvgIpc) is 3.57. The molecule has 1 aliphatic heterocycles. The zero-order valence-electron chi connectivity index (χ0n) is 18.0. The number of furan rings is 1. The van der Waals surface area contributed by atoms with Crippen molar-refractivity contribution >= 4 is 46.0 Å². The summed E-state index contributed by atoms with van der Waals surface area (Å²) in [5.41, 5.74) is 1.23. The van der Waals surface area contributed by atoms with Crippen molar-refractivity contribution in [1.29, 1.82) is 0 Å². The molecule has 2 aromatic carbocycles. The molecule has 0 spiro atoms. The van der Waals surface area contributed by atoms with Crippen molar-refractivity contribution in [3.63, 3.8) is 0 Å². The Morgan fingerprint density at radius 2 is 1.88 bits per heavy atom. The molecular formula is C24H18ClN3O6. The SMILES string of the molecule is COc1cc(/C(O)=C2\C(=O)C(=O)N(c3nc4ccccc4[nH]3)C2c2ccco2)c(OC)cc1Cl. The number of ketones is 1. The Morgan fingerprint density at radius 1 is 1.12 bits per heavy atom. The van der Waals surface area contributed by atoms with Crippen LogP contribution < -0.4 is 14.4 Å². The molecule has 1 fully saturated rings. The molecule has 1 saturated heterocycles. The number of H-pyrrole nitrogens is 1. The molecule has 172 valence electrons. The fourth-order valence-corrected chi connectivity index (χ4v) is 4.24. The van der Waals surface area contributed by atoms with Gasteiger partial charge in [0.25, 0.3) is 5.78 Å². The molecule has 1 atom stereocenters. The fourth-order valence-electron chi connectivity index (χ4n) is 4.01. The molecule has 10 heteroatoms. The van der Waals surface area contributed by atoms with Crippen LogP contribution in [0.1, 0.15) is 17.4 Å². The average molecular weight is 480 g/mol. The van der Waals surface area contributed by atoms with Crippen LogP contribution in [0, 0.1) is 0 Å². The van der Waals surface area contributed by atoms with Gasteiger partial charge in [-0.05, 0) is 30.3 Å². The number of benzene rings is 2. The Balaban J connectivity index is 1.74. The van der Waals surface area contributed by atoms with Crippen molar-refractivity contribution in [1.82, 2.24) is 9.97 Å². The van der Waals surface area contributed by atoms with Crippen LogP contribution in [0.5, 0.6) is 11.5 Å². The number of imidazole rings is 1. The number of rotatable bonds is 5. The summed E-state index contributed by atoms with van der Waals surface area (Å²) >= 11 is 6.19. The number of nitrogens with zero attached hydrogens (tertiary/aromatic N) is 2. The summed E-state index contributed by atoms with van der Waals surface area (Å²) in [6, 6.07) is 12.2. The number of halogens is 1. The first kappa shape index (κ1) is 21.6. The number of hydrogen-bond acceptors (Lipinski definition) is 7. The van der Waals surface area contributed by atoms with Gasteiger partial charge in [0.2, 0.25) is 5.95 Å². The first-order chi connectivity index (χ1) is 16.4. The quantitative estimate of drug-likeness (QED) is 0.246. The highest BCUT2D eigenvalue weighted by molar-refractivity contribution is 6.51. The normalized spacial score (nSPS) is 17.5. The molecule has 0 bridgehead atoms. The molecule has 0 radical (unpaired) electrons. The molecule has 3 heterocycles. The molecule has 2 aromatic heterocycles. The van der Waals surface area contributed by atoms with Crippen molar-refractivity contribution in [3.8, 4) is 11.5 Å². The third-order valence-electron chi connectivity index (χ3n) is 5.59. The number of anilines is 1. The summed E-state index contributed by atoms with van der Waals surface area (Å²) in [6.45, 7) is 0. The lowest BCUT2D eigenvalue weighted by Crippen LogP contribution is -2.30. The Labute approximate surface area is 198 Å². The zero-order chi connectivity index (χ0) is 24.0. The molecule has 0 aliphatic carbocycles. The van der Waals surface area contributed by atoms with E-state index in [0.717, 1.165) is 0 Å². The standard InChI is InChI=1S/C24H18ClN3O6/c1-32-17-11-13(25)18(33-2)10-12(17)21(29)19-20(16-8-5-9-34-16)28(23(31)22(19)30)24-26-14-6-3-4-7-15(14)27-24/h3-11,20,29H,1-2H3,(H,26,27)/b21-19+. The van der Waals surface area contributed by atoms with Gasteiger partial charge in [0.1, 0.15) is 29.1 Å². The van der Waals surface area contributed by atoms with E-state index in [1.165, 1.54) is 37.5 Å². The van der Waals surface area contributed by atoms with Crippen molar-refractivity contribution in [3.05, 3.63) is 76.7 Å². The van der Waals surface area contributed by atoms with Gasteiger partial charge in [0.05, 0.1) is 47.7 Å². The number of nitrogens with one attached hydrogen (secondary N) is 1. The maximum absolute atomic E-state index is 13.3. The molecule has 1 amide bonds. The smallest absolute Gasteiger partial charge is 0.302 e. The van der Waals surface area contributed by atoms with Crippen LogP contribution in [-0.2, 0) is 9.59 Å². The van der Waals surface area contributed by atoms with Gasteiger partial charge in [-0.15, -0.1) is 0 Å². The predicted molar refractivity (Wildman–Crippen MR) is 124 cm³/mol. The van der Waals surface area contributed by atoms with Gasteiger partial charge in [0.15, 0.2) is 0 Å². The second kappa shape index (κ2) is 8.27. The Kier molecular flexibility index (Phi) is 5.25. The molecular weight excluding hydrogens is 462 g/mol. The van der Waals surface area contributed by atoms with E-state index < -0.39 is 23.5 Å². The molecule has 34 heavy (non-hydrogen) atoms. The molecule has 2 N–H and O–H groups in total. The van der Waals surface area contributed by atoms with Gasteiger partial charge in [-0.25, -0.2) is 4.98 Å². The van der Waals surface area contributed by atoms with E-state index in [1.54, 1.807) is 24.3 Å². The third kappa shape index (κ3) is 3.29. The highest BCUT2D eigenvalue weighted by atomic mass is 35.5. The van der Waals surface area contributed by atoms with Crippen LogP contribution in [0.4, 0.5) is 5.95 Å². The largest absolute Gasteiger partial charge is 0.507 e. The zero-order valence-corrected chi connectivity index (χ0v) is 18.8. The van der Waals surface area contributed by atoms with E-state index in [-0.39, 0.29) is 39.4 Å². The summed E-state index contributed by atoms with van der Waals surface area (Å²) < 4.78 is 16.2. The molecule has 5 rings (SSSR count). The lowest BCUT2D eigenvalue weighted by atomic mass is 9.98. The summed E-state index contributed by atoms with van der Waals surface area (Å²) in [5.74, 6) is -1.39. The van der Waals surface area contributed by atoms with E-state index in [9.17, 15) is 14.7 Å². The van der Waals surface area contributed by atoms with Crippen molar-refractivity contribution in [2.24, 2.45) is 0 Å². The Morgan fingerprint density at radius 3 is 2.56 bits per heavy atom. The van der Waals surface area contributed by atoms with Gasteiger partial charge in [0, 0.05) is 6.07 Å². The Bertz CT molecular complexity index is 1420. The number of para-hydroxylation sites is 2. The number of ether oxygens (including phenoxy) is 2. The van der Waals surface area contributed by atoms with Gasteiger partial charge in [-0.3, -0.25) is 14.5 Å². The number of aliphatic hydroxyl groups is 1. The van der Waals surface area contributed by atoms with Gasteiger partial charge in [-0.1, -0.05) is 23.7 Å². The van der Waals surface area contributed by atoms with E-state index in [1.807, 2.05) is 12.1 Å². The predicted octanol–water partition coefficient (Wildman–Crippen LogP) is 4.45. The number of aromatic amines is 1. The van der Waals surface area contributed by atoms with Gasteiger partial charge in [-0.2, -0.15) is 0 Å². The fraction of sp³-hybridized carbons (Fsp3) is 0.125. The van der Waals surface area contributed by atoms with Crippen molar-refractivity contribution < 1.29 is 28.6 Å². The molecule has 1 aliphatic rings. The minimum absolute atomic E-state index is 0.128. The topological polar surface area (TPSA) is 118 Å². The number of carbonyl (C=O) groups is 2. The number of aliphatic hydroxyl groups excluding tert-OH is 1. The van der Waals surface area contributed by atoms with E-state index >= 15 is 0 Å². The second-order valence-corrected chi connectivity index (χ2v) is 7.86. The lowest BCUT2D eigenvalue weighted by molar-refractivity contribution is -0.132. The van der Waals surface area contributed by atoms with Crippen molar-refractivity contribution in [2.45, 2.75) is 6.04 Å². The van der Waals surface area contributed by atoms with Crippen LogP contribution in [-0.4, -0.2) is 41.0 Å². The third-order valence-corrected chi connectivity index (χ3v) is 5.89. The molecule has 4 aromatic rings. The van der Waals surface area contributed by atoms with E-state index in [0.29, 0.717) is 11.0 Å². The van der Waals surface area contributed by atoms with Crippen LogP contribution in [0.3, 0.4) is 0 Å². The minimum Gasteiger partial charge on any atom is -0.507 e. The number of carbonyl (C=O) groups excluding carboxylic acids is 2. The summed E-state index contributed by atoms with van der Waals surface area (Å²) in [5, 5.41) is 11.6. The maximum atomic E-state index is 13.3. The van der Waals surface area contributed by atoms with E-state index in [4.69, 9.17) is 25.5 Å². The highest BCUT2D eigenvalue weighted by Gasteiger charge is 2.49. The summed E-state index contributed by atoms with van der Waals surface area (Å²) in [6.07, 6.45) is 1.42. The van der Waals surface area contributed by atoms with Gasteiger partial charge < -0.3 is 24.0 Å². The Hall–Kier alpha value is -4.24. The van der Waals surface area contributed by atoms with Crippen LogP contribution in [0.25, 0.3) is 16.8 Å². The number of Topliss-reactive ketones (excluding diaryl/α,β-unsaturated/α-hetero) is 1. The molecule has 0 saturated carbocycles. The highest BCUT2D eigenvalue weighted by Crippen LogP contribution is 2.44. The lowest BCUT2D eigenvalue weighted by Gasteiger charge is -2.21. The second-order valence-electron chi connectivity index (χ2n) is 7.45. The maximum Gasteiger partial charge on any atom is 0.302 e. The van der Waals surface area contributed by atoms with E-state index in [2.05, 4.69) is 9.97 Å².